The number of thioether (sulfide) groups is 1. The van der Waals surface area contributed by atoms with Gasteiger partial charge in [-0.3, -0.25) is 9.69 Å². The van der Waals surface area contributed by atoms with Gasteiger partial charge < -0.3 is 9.47 Å². The molecule has 1 heterocycles. The molecule has 1 fully saturated rings. The van der Waals surface area contributed by atoms with E-state index in [-0.39, 0.29) is 34.9 Å². The van der Waals surface area contributed by atoms with Gasteiger partial charge in [0.2, 0.25) is 0 Å². The van der Waals surface area contributed by atoms with E-state index in [1.54, 1.807) is 49.4 Å². The summed E-state index contributed by atoms with van der Waals surface area (Å²) in [6.45, 7) is 1.63. The van der Waals surface area contributed by atoms with Gasteiger partial charge in [-0.1, -0.05) is 58.8 Å². The highest BCUT2D eigenvalue weighted by molar-refractivity contribution is 8.27. The lowest BCUT2D eigenvalue weighted by molar-refractivity contribution is -0.145. The molecule has 3 rings (SSSR count). The average molecular weight is 503 g/mol. The number of thiocarbonyl (C=S) groups is 1. The zero-order chi connectivity index (χ0) is 21.8. The molecule has 10 heteroatoms. The molecule has 0 spiro atoms. The topological polar surface area (TPSA) is 55.8 Å². The van der Waals surface area contributed by atoms with Crippen molar-refractivity contribution in [2.75, 3.05) is 18.1 Å². The monoisotopic (exact) mass is 501 g/mol. The van der Waals surface area contributed by atoms with Crippen LogP contribution < -0.4 is 9.64 Å². The predicted octanol–water partition coefficient (Wildman–Crippen LogP) is 5.99. The van der Waals surface area contributed by atoms with Gasteiger partial charge in [0.25, 0.3) is 5.91 Å². The summed E-state index contributed by atoms with van der Waals surface area (Å²) in [5.74, 6) is -0.626. The number of nitrogens with zero attached hydrogens (tertiary/aromatic N) is 1. The Hall–Kier alpha value is -1.77. The zero-order valence-corrected chi connectivity index (χ0v) is 19.4. The van der Waals surface area contributed by atoms with E-state index in [9.17, 15) is 9.59 Å². The third-order valence-electron chi connectivity index (χ3n) is 3.84. The summed E-state index contributed by atoms with van der Waals surface area (Å²) in [5, 5.41) is 0.965. The van der Waals surface area contributed by atoms with Crippen molar-refractivity contribution in [1.29, 1.82) is 0 Å². The molecule has 30 heavy (non-hydrogen) atoms. The number of ether oxygens (including phenoxy) is 2. The maximum atomic E-state index is 12.9. The molecule has 2 aromatic carbocycles. The van der Waals surface area contributed by atoms with Crippen molar-refractivity contribution in [3.8, 4) is 5.75 Å². The number of rotatable bonds is 6. The number of carbonyl (C=O) groups is 2. The summed E-state index contributed by atoms with van der Waals surface area (Å²) in [6.07, 6.45) is 1.64. The number of amides is 1. The van der Waals surface area contributed by atoms with Gasteiger partial charge in [-0.15, -0.1) is 0 Å². The fourth-order valence-electron chi connectivity index (χ4n) is 2.57. The molecule has 5 nitrogen and oxygen atoms in total. The SMILES string of the molecule is CCOC(=O)COc1c(Cl)cc(/C=C2/SC(=S)N(c3ccc(Cl)cc3)C2=O)cc1Cl. The number of halogens is 3. The molecule has 0 unspecified atom stereocenters. The molecule has 0 bridgehead atoms. The van der Waals surface area contributed by atoms with Crippen LogP contribution in [-0.4, -0.2) is 29.4 Å². The van der Waals surface area contributed by atoms with Crippen LogP contribution in [0.15, 0.2) is 41.3 Å². The van der Waals surface area contributed by atoms with Gasteiger partial charge in [-0.05, 0) is 55.0 Å². The number of hydrogen-bond donors (Lipinski definition) is 0. The molecule has 156 valence electrons. The quantitative estimate of drug-likeness (QED) is 0.274. The second-order valence-corrected chi connectivity index (χ2v) is 8.83. The highest BCUT2D eigenvalue weighted by atomic mass is 35.5. The van der Waals surface area contributed by atoms with E-state index >= 15 is 0 Å². The largest absolute Gasteiger partial charge is 0.479 e. The van der Waals surface area contributed by atoms with E-state index in [1.807, 2.05) is 0 Å². The Morgan fingerprint density at radius 3 is 2.40 bits per heavy atom. The Labute approximate surface area is 197 Å². The summed E-state index contributed by atoms with van der Waals surface area (Å²) < 4.78 is 10.6. The second-order valence-electron chi connectivity index (χ2n) is 5.90. The summed E-state index contributed by atoms with van der Waals surface area (Å²) >= 11 is 24.9. The van der Waals surface area contributed by atoms with E-state index < -0.39 is 5.97 Å². The van der Waals surface area contributed by atoms with E-state index in [0.717, 1.165) is 0 Å². The maximum absolute atomic E-state index is 12.9. The Balaban J connectivity index is 1.81. The van der Waals surface area contributed by atoms with Crippen molar-refractivity contribution in [1.82, 2.24) is 0 Å². The van der Waals surface area contributed by atoms with Crippen molar-refractivity contribution in [3.63, 3.8) is 0 Å². The maximum Gasteiger partial charge on any atom is 0.344 e. The van der Waals surface area contributed by atoms with Gasteiger partial charge in [0.1, 0.15) is 0 Å². The number of carbonyl (C=O) groups excluding carboxylic acids is 2. The van der Waals surface area contributed by atoms with Crippen molar-refractivity contribution < 1.29 is 19.1 Å². The van der Waals surface area contributed by atoms with E-state index in [0.29, 0.717) is 25.5 Å². The molecule has 0 N–H and O–H groups in total. The van der Waals surface area contributed by atoms with Crippen LogP contribution in [0.5, 0.6) is 5.75 Å². The zero-order valence-electron chi connectivity index (χ0n) is 15.5. The molecular weight excluding hydrogens is 489 g/mol. The first kappa shape index (κ1) is 22.9. The van der Waals surface area contributed by atoms with E-state index in [1.165, 1.54) is 16.7 Å². The first-order valence-corrected chi connectivity index (χ1v) is 11.0. The molecule has 0 saturated carbocycles. The van der Waals surface area contributed by atoms with Crippen LogP contribution in [-0.2, 0) is 14.3 Å². The number of anilines is 1. The highest BCUT2D eigenvalue weighted by Crippen LogP contribution is 2.39. The normalized spacial score (nSPS) is 15.1. The Kier molecular flexibility index (Phi) is 7.65. The minimum atomic E-state index is -0.528. The van der Waals surface area contributed by atoms with Gasteiger partial charge in [0.05, 0.1) is 27.2 Å². The van der Waals surface area contributed by atoms with Crippen LogP contribution in [0.4, 0.5) is 5.69 Å². The number of hydrogen-bond acceptors (Lipinski definition) is 6. The van der Waals surface area contributed by atoms with Crippen molar-refractivity contribution >= 4 is 86.7 Å². The molecule has 0 aromatic heterocycles. The summed E-state index contributed by atoms with van der Waals surface area (Å²) in [7, 11) is 0. The first-order chi connectivity index (χ1) is 14.3. The van der Waals surface area contributed by atoms with Gasteiger partial charge in [0.15, 0.2) is 16.7 Å². The van der Waals surface area contributed by atoms with Gasteiger partial charge in [-0.2, -0.15) is 0 Å². The molecule has 0 aliphatic carbocycles. The van der Waals surface area contributed by atoms with Crippen molar-refractivity contribution in [2.45, 2.75) is 6.92 Å². The average Bonchev–Trinajstić information content (AvgIpc) is 2.95. The standard InChI is InChI=1S/C20H14Cl3NO4S2/c1-2-27-17(25)10-28-18-14(22)7-11(8-15(18)23)9-16-19(26)24(20(29)30-16)13-5-3-12(21)4-6-13/h3-9H,2,10H2,1H3/b16-9+. The molecule has 0 atom stereocenters. The van der Waals surface area contributed by atoms with Crippen molar-refractivity contribution in [2.24, 2.45) is 0 Å². The van der Waals surface area contributed by atoms with Crippen LogP contribution in [0.3, 0.4) is 0 Å². The summed E-state index contributed by atoms with van der Waals surface area (Å²) in [4.78, 5) is 26.2. The van der Waals surface area contributed by atoms with Crippen LogP contribution in [0.25, 0.3) is 6.08 Å². The van der Waals surface area contributed by atoms with E-state index in [4.69, 9.17) is 56.5 Å². The highest BCUT2D eigenvalue weighted by Gasteiger charge is 2.33. The minimum Gasteiger partial charge on any atom is -0.479 e. The smallest absolute Gasteiger partial charge is 0.344 e. The molecule has 1 aliphatic heterocycles. The van der Waals surface area contributed by atoms with Gasteiger partial charge in [-0.25, -0.2) is 4.79 Å². The third-order valence-corrected chi connectivity index (χ3v) is 5.95. The van der Waals surface area contributed by atoms with E-state index in [2.05, 4.69) is 0 Å². The Morgan fingerprint density at radius 1 is 1.17 bits per heavy atom. The first-order valence-electron chi connectivity index (χ1n) is 8.61. The van der Waals surface area contributed by atoms with Gasteiger partial charge in [0, 0.05) is 5.02 Å². The molecule has 1 aliphatic rings. The van der Waals surface area contributed by atoms with Crippen LogP contribution in [0.1, 0.15) is 12.5 Å². The second kappa shape index (κ2) is 10.0. The van der Waals surface area contributed by atoms with Crippen LogP contribution in [0, 0.1) is 0 Å². The summed E-state index contributed by atoms with van der Waals surface area (Å²) in [5.41, 5.74) is 1.22. The fraction of sp³-hybridized carbons (Fsp3) is 0.150. The lowest BCUT2D eigenvalue weighted by Crippen LogP contribution is -2.27. The number of benzene rings is 2. The Bertz CT molecular complexity index is 1020. The van der Waals surface area contributed by atoms with Crippen LogP contribution >= 0.6 is 58.8 Å². The number of esters is 1. The molecule has 1 amide bonds. The molecule has 1 saturated heterocycles. The lowest BCUT2D eigenvalue weighted by Gasteiger charge is -2.14. The third kappa shape index (κ3) is 5.28. The van der Waals surface area contributed by atoms with Gasteiger partial charge >= 0.3 is 5.97 Å². The minimum absolute atomic E-state index is 0.164. The van der Waals surface area contributed by atoms with Crippen LogP contribution in [0.2, 0.25) is 15.1 Å². The molecular formula is C20H14Cl3NO4S2. The molecule has 0 radical (unpaired) electrons. The summed E-state index contributed by atoms with van der Waals surface area (Å²) in [6, 6.07) is 9.99. The predicted molar refractivity (Wildman–Crippen MR) is 126 cm³/mol. The Morgan fingerprint density at radius 2 is 1.80 bits per heavy atom. The molecule has 2 aromatic rings. The van der Waals surface area contributed by atoms with Crippen molar-refractivity contribution in [3.05, 3.63) is 61.9 Å². The lowest BCUT2D eigenvalue weighted by atomic mass is 10.2. The fourth-order valence-corrected chi connectivity index (χ4v) is 4.60.